The van der Waals surface area contributed by atoms with E-state index in [0.717, 1.165) is 42.3 Å². The zero-order chi connectivity index (χ0) is 21.5. The Labute approximate surface area is 179 Å². The van der Waals surface area contributed by atoms with Crippen molar-refractivity contribution in [3.8, 4) is 11.3 Å². The molecule has 0 aliphatic rings. The molecule has 30 heavy (non-hydrogen) atoms. The number of aromatic nitrogens is 3. The zero-order valence-electron chi connectivity index (χ0n) is 18.6. The molecule has 6 heteroatoms. The summed E-state index contributed by atoms with van der Waals surface area (Å²) >= 11 is 0. The zero-order valence-corrected chi connectivity index (χ0v) is 18.6. The first kappa shape index (κ1) is 21.7. The highest BCUT2D eigenvalue weighted by Gasteiger charge is 2.09. The van der Waals surface area contributed by atoms with Gasteiger partial charge in [0.1, 0.15) is 5.82 Å². The van der Waals surface area contributed by atoms with E-state index < -0.39 is 0 Å². The molecule has 2 heterocycles. The van der Waals surface area contributed by atoms with E-state index in [1.165, 1.54) is 11.1 Å². The van der Waals surface area contributed by atoms with Gasteiger partial charge in [-0.1, -0.05) is 19.9 Å². The lowest BCUT2D eigenvalue weighted by Crippen LogP contribution is -2.17. The Kier molecular flexibility index (Phi) is 7.36. The van der Waals surface area contributed by atoms with Crippen LogP contribution in [0.25, 0.3) is 11.3 Å². The molecule has 0 unspecified atom stereocenters. The van der Waals surface area contributed by atoms with Crippen molar-refractivity contribution in [1.29, 1.82) is 0 Å². The van der Waals surface area contributed by atoms with E-state index in [2.05, 4.69) is 73.6 Å². The normalized spacial score (nSPS) is 11.2. The highest BCUT2D eigenvalue weighted by molar-refractivity contribution is 5.67. The van der Waals surface area contributed by atoms with Gasteiger partial charge in [-0.3, -0.25) is 4.98 Å². The van der Waals surface area contributed by atoms with E-state index >= 15 is 0 Å². The minimum atomic E-state index is 0.508. The SMILES string of the molecule is Cc1cc(Nc2cc(-c3cccnc3)nc(NCCCN(C)C)n2)ccc1C(C)C. The van der Waals surface area contributed by atoms with E-state index in [-0.39, 0.29) is 0 Å². The van der Waals surface area contributed by atoms with Gasteiger partial charge >= 0.3 is 0 Å². The molecule has 2 N–H and O–H groups in total. The van der Waals surface area contributed by atoms with Crippen LogP contribution in [0.4, 0.5) is 17.5 Å². The first-order valence-electron chi connectivity index (χ1n) is 10.5. The number of pyridine rings is 1. The molecular weight excluding hydrogens is 372 g/mol. The van der Waals surface area contributed by atoms with Crippen LogP contribution in [-0.2, 0) is 0 Å². The lowest BCUT2D eigenvalue weighted by Gasteiger charge is -2.14. The molecule has 0 aliphatic heterocycles. The molecule has 158 valence electrons. The van der Waals surface area contributed by atoms with Crippen LogP contribution in [-0.4, -0.2) is 47.0 Å². The van der Waals surface area contributed by atoms with E-state index in [9.17, 15) is 0 Å². The van der Waals surface area contributed by atoms with Crippen LogP contribution in [0.3, 0.4) is 0 Å². The van der Waals surface area contributed by atoms with Crippen LogP contribution in [0.5, 0.6) is 0 Å². The van der Waals surface area contributed by atoms with E-state index in [4.69, 9.17) is 9.97 Å². The average Bonchev–Trinajstić information content (AvgIpc) is 2.71. The molecule has 0 amide bonds. The Morgan fingerprint density at radius 3 is 2.57 bits per heavy atom. The summed E-state index contributed by atoms with van der Waals surface area (Å²) in [5.41, 5.74) is 5.46. The van der Waals surface area contributed by atoms with Crippen LogP contribution in [0.15, 0.2) is 48.8 Å². The standard InChI is InChI=1S/C24H32N6/c1-17(2)21-10-9-20(14-18(21)3)27-23-15-22(19-8-6-11-25-16-19)28-24(29-23)26-12-7-13-30(4)5/h6,8-11,14-17H,7,12-13H2,1-5H3,(H2,26,27,28,29). The summed E-state index contributed by atoms with van der Waals surface area (Å²) in [6.07, 6.45) is 4.61. The van der Waals surface area contributed by atoms with E-state index in [1.807, 2.05) is 24.4 Å². The van der Waals surface area contributed by atoms with Gasteiger partial charge in [-0.05, 0) is 75.3 Å². The summed E-state index contributed by atoms with van der Waals surface area (Å²) in [4.78, 5) is 15.8. The molecule has 0 fully saturated rings. The minimum absolute atomic E-state index is 0.508. The molecule has 6 nitrogen and oxygen atoms in total. The third-order valence-electron chi connectivity index (χ3n) is 4.91. The maximum Gasteiger partial charge on any atom is 0.225 e. The smallest absolute Gasteiger partial charge is 0.225 e. The number of anilines is 3. The van der Waals surface area contributed by atoms with Crippen molar-refractivity contribution in [1.82, 2.24) is 19.9 Å². The number of nitrogens with one attached hydrogen (secondary N) is 2. The van der Waals surface area contributed by atoms with Crippen molar-refractivity contribution in [3.05, 3.63) is 59.9 Å². The average molecular weight is 405 g/mol. The second-order valence-electron chi connectivity index (χ2n) is 8.14. The highest BCUT2D eigenvalue weighted by atomic mass is 15.1. The summed E-state index contributed by atoms with van der Waals surface area (Å²) < 4.78 is 0. The maximum atomic E-state index is 4.70. The van der Waals surface area contributed by atoms with Gasteiger partial charge in [0.15, 0.2) is 0 Å². The number of hydrogen-bond acceptors (Lipinski definition) is 6. The number of hydrogen-bond donors (Lipinski definition) is 2. The van der Waals surface area contributed by atoms with Crippen molar-refractivity contribution >= 4 is 17.5 Å². The van der Waals surface area contributed by atoms with Crippen molar-refractivity contribution in [3.63, 3.8) is 0 Å². The molecule has 0 aliphatic carbocycles. The highest BCUT2D eigenvalue weighted by Crippen LogP contribution is 2.26. The Morgan fingerprint density at radius 2 is 1.90 bits per heavy atom. The molecule has 0 saturated heterocycles. The van der Waals surface area contributed by atoms with Gasteiger partial charge in [0.2, 0.25) is 5.95 Å². The van der Waals surface area contributed by atoms with Crippen molar-refractivity contribution in [2.75, 3.05) is 37.8 Å². The van der Waals surface area contributed by atoms with Gasteiger partial charge in [0.05, 0.1) is 5.69 Å². The number of aryl methyl sites for hydroxylation is 1. The molecule has 0 bridgehead atoms. The molecule has 0 atom stereocenters. The molecule has 0 saturated carbocycles. The Hall–Kier alpha value is -2.99. The Balaban J connectivity index is 1.85. The quantitative estimate of drug-likeness (QED) is 0.485. The Bertz CT molecular complexity index is 953. The van der Waals surface area contributed by atoms with Crippen molar-refractivity contribution in [2.24, 2.45) is 0 Å². The second-order valence-corrected chi connectivity index (χ2v) is 8.14. The summed E-state index contributed by atoms with van der Waals surface area (Å²) in [7, 11) is 4.15. The lowest BCUT2D eigenvalue weighted by molar-refractivity contribution is 0.405. The third-order valence-corrected chi connectivity index (χ3v) is 4.91. The number of nitrogens with zero attached hydrogens (tertiary/aromatic N) is 4. The Morgan fingerprint density at radius 1 is 1.07 bits per heavy atom. The minimum Gasteiger partial charge on any atom is -0.354 e. The molecular formula is C24H32N6. The maximum absolute atomic E-state index is 4.70. The van der Waals surface area contributed by atoms with Gasteiger partial charge in [0.25, 0.3) is 0 Å². The van der Waals surface area contributed by atoms with Crippen molar-refractivity contribution < 1.29 is 0 Å². The van der Waals surface area contributed by atoms with Crippen LogP contribution in [0.1, 0.15) is 37.3 Å². The lowest BCUT2D eigenvalue weighted by atomic mass is 9.98. The van der Waals surface area contributed by atoms with Gasteiger partial charge in [-0.2, -0.15) is 4.98 Å². The second kappa shape index (κ2) is 10.2. The van der Waals surface area contributed by atoms with Crippen LogP contribution in [0, 0.1) is 6.92 Å². The fourth-order valence-electron chi connectivity index (χ4n) is 3.40. The van der Waals surface area contributed by atoms with Crippen LogP contribution in [0.2, 0.25) is 0 Å². The first-order chi connectivity index (χ1) is 14.4. The van der Waals surface area contributed by atoms with Gasteiger partial charge in [-0.15, -0.1) is 0 Å². The summed E-state index contributed by atoms with van der Waals surface area (Å²) in [5.74, 6) is 1.89. The summed E-state index contributed by atoms with van der Waals surface area (Å²) in [5, 5.41) is 6.81. The number of rotatable bonds is 9. The topological polar surface area (TPSA) is 66.0 Å². The van der Waals surface area contributed by atoms with Gasteiger partial charge < -0.3 is 15.5 Å². The number of benzene rings is 1. The third kappa shape index (κ3) is 6.00. The predicted octanol–water partition coefficient (Wildman–Crippen LogP) is 5.08. The van der Waals surface area contributed by atoms with Gasteiger partial charge in [-0.25, -0.2) is 4.98 Å². The monoisotopic (exact) mass is 404 g/mol. The molecule has 0 radical (unpaired) electrons. The van der Waals surface area contributed by atoms with E-state index in [1.54, 1.807) is 6.20 Å². The molecule has 2 aromatic heterocycles. The van der Waals surface area contributed by atoms with Gasteiger partial charge in [0, 0.05) is 36.3 Å². The van der Waals surface area contributed by atoms with Crippen LogP contribution >= 0.6 is 0 Å². The molecule has 3 aromatic rings. The fourth-order valence-corrected chi connectivity index (χ4v) is 3.40. The van der Waals surface area contributed by atoms with E-state index in [0.29, 0.717) is 11.9 Å². The van der Waals surface area contributed by atoms with Crippen LogP contribution < -0.4 is 10.6 Å². The molecule has 0 spiro atoms. The summed E-state index contributed by atoms with van der Waals surface area (Å²) in [6.45, 7) is 8.42. The largest absolute Gasteiger partial charge is 0.354 e. The molecule has 3 rings (SSSR count). The van der Waals surface area contributed by atoms with Crippen molar-refractivity contribution in [2.45, 2.75) is 33.1 Å². The molecule has 1 aromatic carbocycles. The first-order valence-corrected chi connectivity index (χ1v) is 10.5. The summed E-state index contributed by atoms with van der Waals surface area (Å²) in [6, 6.07) is 12.4. The predicted molar refractivity (Wildman–Crippen MR) is 125 cm³/mol. The fraction of sp³-hybridized carbons (Fsp3) is 0.375.